The van der Waals surface area contributed by atoms with Crippen molar-refractivity contribution in [1.29, 1.82) is 0 Å². The van der Waals surface area contributed by atoms with Gasteiger partial charge >= 0.3 is 11.9 Å². The fourth-order valence-corrected chi connectivity index (χ4v) is 7.04. The second-order valence-corrected chi connectivity index (χ2v) is 14.6. The standard InChI is InChI=1S/2C17H18N2O5S/c2*18-25(22,23)15-11-12(17(20)21)10-14(19-8-4-5-9-19)16(15)24-13-6-2-1-3-7-13/h2*1-3,6-7,10-11H,4-5,8-9H2,(H,20,21)(H2,18,22,23). The van der Waals surface area contributed by atoms with Gasteiger partial charge in [-0.15, -0.1) is 0 Å². The fourth-order valence-electron chi connectivity index (χ4n) is 5.65. The molecule has 2 fully saturated rings. The Bertz CT molecular complexity index is 1930. The molecule has 0 radical (unpaired) electrons. The smallest absolute Gasteiger partial charge is 0.335 e. The molecule has 264 valence electrons. The van der Waals surface area contributed by atoms with E-state index in [-0.39, 0.29) is 32.4 Å². The molecule has 2 heterocycles. The summed E-state index contributed by atoms with van der Waals surface area (Å²) in [6.07, 6.45) is 3.75. The van der Waals surface area contributed by atoms with Crippen molar-refractivity contribution in [3.63, 3.8) is 0 Å². The van der Waals surface area contributed by atoms with Crippen molar-refractivity contribution in [2.75, 3.05) is 36.0 Å². The number of sulfonamides is 2. The van der Waals surface area contributed by atoms with Crippen LogP contribution in [0.1, 0.15) is 46.4 Å². The Kier molecular flexibility index (Phi) is 11.0. The molecule has 4 aromatic carbocycles. The van der Waals surface area contributed by atoms with Crippen molar-refractivity contribution in [1.82, 2.24) is 0 Å². The fraction of sp³-hybridized carbons (Fsp3) is 0.235. The molecule has 0 unspecified atom stereocenters. The van der Waals surface area contributed by atoms with Crippen molar-refractivity contribution in [2.24, 2.45) is 10.3 Å². The Balaban J connectivity index is 0.000000194. The average Bonchev–Trinajstić information content (AvgIpc) is 3.81. The minimum atomic E-state index is -4.18. The number of nitrogens with zero attached hydrogens (tertiary/aromatic N) is 2. The van der Waals surface area contributed by atoms with Crippen LogP contribution in [0.5, 0.6) is 23.0 Å². The van der Waals surface area contributed by atoms with Crippen LogP contribution in [0.2, 0.25) is 0 Å². The number of rotatable bonds is 10. The van der Waals surface area contributed by atoms with Gasteiger partial charge in [-0.2, -0.15) is 0 Å². The molecule has 0 saturated carbocycles. The molecule has 0 atom stereocenters. The molecule has 14 nitrogen and oxygen atoms in total. The van der Waals surface area contributed by atoms with E-state index in [9.17, 15) is 36.6 Å². The summed E-state index contributed by atoms with van der Waals surface area (Å²) in [6.45, 7) is 2.77. The SMILES string of the molecule is NS(=O)(=O)c1cc(C(=O)O)cc(N2CCCC2)c1Oc1ccccc1.NS(=O)(=O)c1cc(C(=O)O)cc(N2CCCC2)c1Oc1ccccc1. The lowest BCUT2D eigenvalue weighted by molar-refractivity contribution is 0.0685. The summed E-state index contributed by atoms with van der Waals surface area (Å²) in [5.41, 5.74) is 0.549. The van der Waals surface area contributed by atoms with Crippen LogP contribution in [0, 0.1) is 0 Å². The van der Waals surface area contributed by atoms with E-state index in [2.05, 4.69) is 0 Å². The van der Waals surface area contributed by atoms with Crippen LogP contribution in [-0.2, 0) is 20.0 Å². The summed E-state index contributed by atoms with van der Waals surface area (Å²) in [4.78, 5) is 26.0. The monoisotopic (exact) mass is 724 g/mol. The number of para-hydroxylation sites is 2. The predicted octanol–water partition coefficient (Wildman–Crippen LogP) is 4.85. The number of anilines is 2. The van der Waals surface area contributed by atoms with Crippen LogP contribution in [0.25, 0.3) is 0 Å². The summed E-state index contributed by atoms with van der Waals surface area (Å²) < 4.78 is 59.9. The molecule has 6 rings (SSSR count). The molecule has 6 N–H and O–H groups in total. The second-order valence-electron chi connectivity index (χ2n) is 11.6. The zero-order valence-corrected chi connectivity index (χ0v) is 28.4. The predicted molar refractivity (Wildman–Crippen MR) is 185 cm³/mol. The van der Waals surface area contributed by atoms with E-state index < -0.39 is 32.0 Å². The second kappa shape index (κ2) is 15.2. The molecule has 0 aromatic heterocycles. The highest BCUT2D eigenvalue weighted by atomic mass is 32.2. The van der Waals surface area contributed by atoms with Crippen molar-refractivity contribution in [2.45, 2.75) is 35.5 Å². The maximum Gasteiger partial charge on any atom is 0.335 e. The van der Waals surface area contributed by atoms with Gasteiger partial charge in [0.2, 0.25) is 20.0 Å². The van der Waals surface area contributed by atoms with Crippen LogP contribution in [-0.4, -0.2) is 65.2 Å². The number of nitrogens with two attached hydrogens (primary N) is 2. The Labute approximate surface area is 289 Å². The van der Waals surface area contributed by atoms with Crippen molar-refractivity contribution in [3.05, 3.63) is 96.1 Å². The van der Waals surface area contributed by atoms with Gasteiger partial charge in [0.15, 0.2) is 11.5 Å². The molecule has 16 heteroatoms. The molecule has 4 aromatic rings. The van der Waals surface area contributed by atoms with Crippen LogP contribution < -0.4 is 29.6 Å². The van der Waals surface area contributed by atoms with Crippen LogP contribution in [0.15, 0.2) is 94.7 Å². The van der Waals surface area contributed by atoms with Crippen molar-refractivity contribution in [3.8, 4) is 23.0 Å². The highest BCUT2D eigenvalue weighted by Crippen LogP contribution is 2.42. The van der Waals surface area contributed by atoms with Gasteiger partial charge in [0.05, 0.1) is 22.5 Å². The molecular weight excluding hydrogens is 689 g/mol. The lowest BCUT2D eigenvalue weighted by atomic mass is 10.1. The zero-order valence-electron chi connectivity index (χ0n) is 26.8. The lowest BCUT2D eigenvalue weighted by Gasteiger charge is -2.23. The van der Waals surface area contributed by atoms with Gasteiger partial charge in [0.1, 0.15) is 21.3 Å². The van der Waals surface area contributed by atoms with Gasteiger partial charge in [-0.3, -0.25) is 0 Å². The van der Waals surface area contributed by atoms with Gasteiger partial charge < -0.3 is 29.5 Å². The first kappa shape index (κ1) is 36.1. The molecule has 0 aliphatic carbocycles. The number of ether oxygens (including phenoxy) is 2. The Morgan fingerprint density at radius 3 is 1.16 bits per heavy atom. The van der Waals surface area contributed by atoms with Crippen molar-refractivity contribution < 1.29 is 46.1 Å². The summed E-state index contributed by atoms with van der Waals surface area (Å²) in [5.74, 6) is -1.46. The number of aromatic carboxylic acids is 2. The van der Waals surface area contributed by atoms with E-state index in [1.165, 1.54) is 12.1 Å². The maximum absolute atomic E-state index is 12.1. The first-order chi connectivity index (χ1) is 23.7. The normalized spacial score (nSPS) is 14.5. The number of carbonyl (C=O) groups is 2. The van der Waals surface area contributed by atoms with Crippen LogP contribution in [0.3, 0.4) is 0 Å². The molecule has 0 amide bonds. The minimum absolute atomic E-state index is 0.0561. The molecule has 0 bridgehead atoms. The number of carboxylic acid groups (broad SMARTS) is 2. The van der Waals surface area contributed by atoms with E-state index in [4.69, 9.17) is 19.8 Å². The third-order valence-corrected chi connectivity index (χ3v) is 9.83. The quantitative estimate of drug-likeness (QED) is 0.172. The van der Waals surface area contributed by atoms with Gasteiger partial charge in [0.25, 0.3) is 0 Å². The zero-order chi connectivity index (χ0) is 36.1. The number of hydrogen-bond donors (Lipinski definition) is 4. The Morgan fingerprint density at radius 1 is 0.560 bits per heavy atom. The average molecular weight is 725 g/mol. The largest absolute Gasteiger partial charge is 0.478 e. The van der Waals surface area contributed by atoms with Crippen LogP contribution in [0.4, 0.5) is 11.4 Å². The number of carboxylic acids is 2. The first-order valence-corrected chi connectivity index (χ1v) is 18.7. The molecule has 2 saturated heterocycles. The third kappa shape index (κ3) is 8.70. The van der Waals surface area contributed by atoms with Crippen LogP contribution >= 0.6 is 0 Å². The Hall–Kier alpha value is -5.16. The topological polar surface area (TPSA) is 220 Å². The summed E-state index contributed by atoms with van der Waals surface area (Å²) in [5, 5.41) is 29.3. The minimum Gasteiger partial charge on any atom is -0.478 e. The van der Waals surface area contributed by atoms with E-state index in [0.717, 1.165) is 37.8 Å². The Morgan fingerprint density at radius 2 is 0.880 bits per heavy atom. The number of primary sulfonamides is 2. The van der Waals surface area contributed by atoms with Crippen molar-refractivity contribution >= 4 is 43.4 Å². The first-order valence-electron chi connectivity index (χ1n) is 15.6. The number of hydrogen-bond acceptors (Lipinski definition) is 10. The van der Waals surface area contributed by atoms with E-state index in [0.29, 0.717) is 49.1 Å². The molecule has 50 heavy (non-hydrogen) atoms. The molecule has 2 aliphatic heterocycles. The molecular formula is C34H36N4O10S2. The van der Waals surface area contributed by atoms with Gasteiger partial charge in [0, 0.05) is 26.2 Å². The molecule has 0 spiro atoms. The third-order valence-electron chi connectivity index (χ3n) is 8.00. The molecule has 2 aliphatic rings. The van der Waals surface area contributed by atoms with Gasteiger partial charge in [-0.1, -0.05) is 36.4 Å². The summed E-state index contributed by atoms with van der Waals surface area (Å²) >= 11 is 0. The lowest BCUT2D eigenvalue weighted by Crippen LogP contribution is -2.21. The summed E-state index contributed by atoms with van der Waals surface area (Å²) in [7, 11) is -8.35. The maximum atomic E-state index is 12.1. The highest BCUT2D eigenvalue weighted by molar-refractivity contribution is 7.89. The van der Waals surface area contributed by atoms with Gasteiger partial charge in [-0.25, -0.2) is 36.7 Å². The summed E-state index contributed by atoms with van der Waals surface area (Å²) in [6, 6.07) is 22.3. The van der Waals surface area contributed by atoms with E-state index in [1.807, 2.05) is 21.9 Å². The highest BCUT2D eigenvalue weighted by Gasteiger charge is 2.29. The number of benzene rings is 4. The van der Waals surface area contributed by atoms with E-state index >= 15 is 0 Å². The van der Waals surface area contributed by atoms with Gasteiger partial charge in [-0.05, 0) is 74.2 Å². The van der Waals surface area contributed by atoms with E-state index in [1.54, 1.807) is 48.5 Å².